The number of carbonyl (C=O) groups excluding carboxylic acids is 1. The van der Waals surface area contributed by atoms with Crippen molar-refractivity contribution in [2.45, 2.75) is 13.3 Å². The predicted octanol–water partition coefficient (Wildman–Crippen LogP) is 2.78. The smallest absolute Gasteiger partial charge is 0.225 e. The van der Waals surface area contributed by atoms with Gasteiger partial charge in [0.2, 0.25) is 5.91 Å². The van der Waals surface area contributed by atoms with Crippen LogP contribution in [-0.2, 0) is 4.79 Å². The van der Waals surface area contributed by atoms with Gasteiger partial charge in [-0.3, -0.25) is 4.79 Å². The van der Waals surface area contributed by atoms with E-state index in [0.29, 0.717) is 11.8 Å². The van der Waals surface area contributed by atoms with Crippen molar-refractivity contribution in [2.24, 2.45) is 0 Å². The van der Waals surface area contributed by atoms with Crippen LogP contribution in [0.2, 0.25) is 0 Å². The molecule has 1 amide bonds. The van der Waals surface area contributed by atoms with Crippen LogP contribution < -0.4 is 10.2 Å². The molecule has 1 aromatic rings. The Bertz CT molecular complexity index is 377. The highest BCUT2D eigenvalue weighted by molar-refractivity contribution is 9.09. The molecular formula is C12H17BrN2O. The van der Waals surface area contributed by atoms with Crippen molar-refractivity contribution < 1.29 is 4.79 Å². The van der Waals surface area contributed by atoms with Crippen molar-refractivity contribution >= 4 is 33.2 Å². The van der Waals surface area contributed by atoms with Crippen LogP contribution in [0.1, 0.15) is 12.0 Å². The van der Waals surface area contributed by atoms with E-state index in [1.165, 1.54) is 5.56 Å². The van der Waals surface area contributed by atoms with E-state index < -0.39 is 0 Å². The number of rotatable bonds is 4. The summed E-state index contributed by atoms with van der Waals surface area (Å²) >= 11 is 3.24. The van der Waals surface area contributed by atoms with Crippen molar-refractivity contribution in [3.63, 3.8) is 0 Å². The molecule has 0 aliphatic rings. The van der Waals surface area contributed by atoms with Crippen LogP contribution in [0.25, 0.3) is 0 Å². The first-order valence-corrected chi connectivity index (χ1v) is 6.30. The van der Waals surface area contributed by atoms with Crippen molar-refractivity contribution in [3.8, 4) is 0 Å². The molecule has 0 spiro atoms. The molecule has 0 fully saturated rings. The number of hydrogen-bond acceptors (Lipinski definition) is 2. The SMILES string of the molecule is Cc1ccc(NC(=O)CCBr)cc1N(C)C. The molecule has 1 aromatic carbocycles. The van der Waals surface area contributed by atoms with Gasteiger partial charge >= 0.3 is 0 Å². The van der Waals surface area contributed by atoms with Gasteiger partial charge in [0, 0.05) is 37.2 Å². The molecule has 0 atom stereocenters. The lowest BCUT2D eigenvalue weighted by Gasteiger charge is -2.17. The monoisotopic (exact) mass is 284 g/mol. The lowest BCUT2D eigenvalue weighted by Crippen LogP contribution is -2.14. The molecule has 0 saturated heterocycles. The number of amides is 1. The van der Waals surface area contributed by atoms with Gasteiger partial charge in [0.1, 0.15) is 0 Å². The number of aryl methyl sites for hydroxylation is 1. The second-order valence-corrected chi connectivity index (χ2v) is 4.68. The molecule has 4 heteroatoms. The number of benzene rings is 1. The van der Waals surface area contributed by atoms with Crippen molar-refractivity contribution in [1.82, 2.24) is 0 Å². The van der Waals surface area contributed by atoms with E-state index in [-0.39, 0.29) is 5.91 Å². The van der Waals surface area contributed by atoms with Crippen LogP contribution in [0.3, 0.4) is 0 Å². The first-order chi connectivity index (χ1) is 7.54. The summed E-state index contributed by atoms with van der Waals surface area (Å²) in [6.45, 7) is 2.05. The standard InChI is InChI=1S/C12H17BrN2O/c1-9-4-5-10(8-11(9)15(2)3)14-12(16)6-7-13/h4-5,8H,6-7H2,1-3H3,(H,14,16). The van der Waals surface area contributed by atoms with Gasteiger partial charge in [-0.2, -0.15) is 0 Å². The van der Waals surface area contributed by atoms with Crippen molar-refractivity contribution in [1.29, 1.82) is 0 Å². The zero-order chi connectivity index (χ0) is 12.1. The maximum atomic E-state index is 11.4. The summed E-state index contributed by atoms with van der Waals surface area (Å²) in [5.74, 6) is 0.0328. The summed E-state index contributed by atoms with van der Waals surface area (Å²) < 4.78 is 0. The minimum Gasteiger partial charge on any atom is -0.377 e. The molecule has 1 N–H and O–H groups in total. The van der Waals surface area contributed by atoms with Crippen LogP contribution in [0.15, 0.2) is 18.2 Å². The number of nitrogens with zero attached hydrogens (tertiary/aromatic N) is 1. The van der Waals surface area contributed by atoms with Crippen LogP contribution in [0.4, 0.5) is 11.4 Å². The maximum Gasteiger partial charge on any atom is 0.225 e. The number of hydrogen-bond donors (Lipinski definition) is 1. The lowest BCUT2D eigenvalue weighted by molar-refractivity contribution is -0.115. The zero-order valence-electron chi connectivity index (χ0n) is 9.88. The van der Waals surface area contributed by atoms with E-state index >= 15 is 0 Å². The Morgan fingerprint density at radius 3 is 2.69 bits per heavy atom. The Morgan fingerprint density at radius 2 is 2.12 bits per heavy atom. The third-order valence-electron chi connectivity index (χ3n) is 2.30. The molecule has 0 aliphatic carbocycles. The fraction of sp³-hybridized carbons (Fsp3) is 0.417. The number of halogens is 1. The number of anilines is 2. The predicted molar refractivity (Wildman–Crippen MR) is 72.5 cm³/mol. The van der Waals surface area contributed by atoms with Gasteiger partial charge < -0.3 is 10.2 Å². The minimum atomic E-state index is 0.0328. The second kappa shape index (κ2) is 5.89. The van der Waals surface area contributed by atoms with E-state index in [9.17, 15) is 4.79 Å². The maximum absolute atomic E-state index is 11.4. The molecule has 0 heterocycles. The summed E-state index contributed by atoms with van der Waals surface area (Å²) in [5, 5.41) is 3.56. The molecule has 3 nitrogen and oxygen atoms in total. The molecular weight excluding hydrogens is 268 g/mol. The van der Waals surface area contributed by atoms with Gasteiger partial charge in [-0.15, -0.1) is 0 Å². The van der Waals surface area contributed by atoms with Crippen LogP contribution in [-0.4, -0.2) is 25.3 Å². The largest absolute Gasteiger partial charge is 0.377 e. The normalized spacial score (nSPS) is 10.0. The van der Waals surface area contributed by atoms with E-state index in [1.807, 2.05) is 37.2 Å². The van der Waals surface area contributed by atoms with Gasteiger partial charge in [-0.1, -0.05) is 22.0 Å². The summed E-state index contributed by atoms with van der Waals surface area (Å²) in [5.41, 5.74) is 3.17. The molecule has 0 aromatic heterocycles. The Kier molecular flexibility index (Phi) is 4.80. The Labute approximate surface area is 105 Å². The van der Waals surface area contributed by atoms with Crippen LogP contribution in [0.5, 0.6) is 0 Å². The highest BCUT2D eigenvalue weighted by Gasteiger charge is 2.05. The molecule has 16 heavy (non-hydrogen) atoms. The van der Waals surface area contributed by atoms with Crippen molar-refractivity contribution in [3.05, 3.63) is 23.8 Å². The molecule has 88 valence electrons. The van der Waals surface area contributed by atoms with Crippen LogP contribution >= 0.6 is 15.9 Å². The van der Waals surface area contributed by atoms with Gasteiger partial charge in [0.15, 0.2) is 0 Å². The fourth-order valence-corrected chi connectivity index (χ4v) is 1.84. The van der Waals surface area contributed by atoms with E-state index in [0.717, 1.165) is 11.4 Å². The highest BCUT2D eigenvalue weighted by Crippen LogP contribution is 2.22. The molecule has 0 saturated carbocycles. The fourth-order valence-electron chi connectivity index (χ4n) is 1.48. The summed E-state index contributed by atoms with van der Waals surface area (Å²) in [4.78, 5) is 13.5. The zero-order valence-corrected chi connectivity index (χ0v) is 11.5. The summed E-state index contributed by atoms with van der Waals surface area (Å²) in [7, 11) is 3.98. The average molecular weight is 285 g/mol. The lowest BCUT2D eigenvalue weighted by atomic mass is 10.1. The first kappa shape index (κ1) is 13.0. The average Bonchev–Trinajstić information content (AvgIpc) is 2.21. The highest BCUT2D eigenvalue weighted by atomic mass is 79.9. The second-order valence-electron chi connectivity index (χ2n) is 3.88. The van der Waals surface area contributed by atoms with Crippen molar-refractivity contribution in [2.75, 3.05) is 29.6 Å². The third kappa shape index (κ3) is 3.52. The summed E-state index contributed by atoms with van der Waals surface area (Å²) in [6.07, 6.45) is 0.491. The molecule has 0 aliphatic heterocycles. The number of nitrogens with one attached hydrogen (secondary N) is 1. The number of alkyl halides is 1. The quantitative estimate of drug-likeness (QED) is 0.863. The topological polar surface area (TPSA) is 32.3 Å². The Balaban J connectivity index is 2.82. The first-order valence-electron chi connectivity index (χ1n) is 5.18. The van der Waals surface area contributed by atoms with Gasteiger partial charge in [-0.25, -0.2) is 0 Å². The number of carbonyl (C=O) groups is 1. The van der Waals surface area contributed by atoms with E-state index in [2.05, 4.69) is 28.2 Å². The van der Waals surface area contributed by atoms with Gasteiger partial charge in [0.25, 0.3) is 0 Å². The van der Waals surface area contributed by atoms with Gasteiger partial charge in [0.05, 0.1) is 0 Å². The van der Waals surface area contributed by atoms with Crippen LogP contribution in [0, 0.1) is 6.92 Å². The van der Waals surface area contributed by atoms with Gasteiger partial charge in [-0.05, 0) is 24.6 Å². The minimum absolute atomic E-state index is 0.0328. The molecule has 1 rings (SSSR count). The summed E-state index contributed by atoms with van der Waals surface area (Å²) in [6, 6.07) is 5.93. The van der Waals surface area contributed by atoms with E-state index in [4.69, 9.17) is 0 Å². The molecule has 0 unspecified atom stereocenters. The Hall–Kier alpha value is -1.03. The van der Waals surface area contributed by atoms with E-state index in [1.54, 1.807) is 0 Å². The third-order valence-corrected chi connectivity index (χ3v) is 2.69. The molecule has 0 bridgehead atoms. The molecule has 0 radical (unpaired) electrons. The Morgan fingerprint density at radius 1 is 1.44 bits per heavy atom.